The molecule has 3 aromatic rings. The van der Waals surface area contributed by atoms with E-state index in [0.29, 0.717) is 36.2 Å². The summed E-state index contributed by atoms with van der Waals surface area (Å²) in [4.78, 5) is 2.31. The smallest absolute Gasteiger partial charge is 0.268 e. The number of rotatable bonds is 4. The van der Waals surface area contributed by atoms with Crippen LogP contribution in [0.4, 0.5) is 4.39 Å². The van der Waals surface area contributed by atoms with Crippen LogP contribution in [-0.2, 0) is 21.3 Å². The van der Waals surface area contributed by atoms with Gasteiger partial charge in [-0.2, -0.15) is 0 Å². The predicted molar refractivity (Wildman–Crippen MR) is 97.0 cm³/mol. The average Bonchev–Trinajstić information content (AvgIpc) is 3.07. The van der Waals surface area contributed by atoms with E-state index in [-0.39, 0.29) is 10.7 Å². The van der Waals surface area contributed by atoms with Gasteiger partial charge in [0.05, 0.1) is 23.6 Å². The fourth-order valence-electron chi connectivity index (χ4n) is 3.21. The fourth-order valence-corrected chi connectivity index (χ4v) is 4.58. The van der Waals surface area contributed by atoms with Crippen LogP contribution >= 0.6 is 0 Å². The molecule has 0 amide bonds. The summed E-state index contributed by atoms with van der Waals surface area (Å²) in [5, 5.41) is 0.563. The molecule has 7 heteroatoms. The van der Waals surface area contributed by atoms with Crippen LogP contribution in [0.3, 0.4) is 0 Å². The highest BCUT2D eigenvalue weighted by Gasteiger charge is 2.20. The number of benzene rings is 2. The Morgan fingerprint density at radius 3 is 2.50 bits per heavy atom. The molecule has 0 bridgehead atoms. The molecule has 1 aliphatic rings. The maximum atomic E-state index is 14.5. The summed E-state index contributed by atoms with van der Waals surface area (Å²) in [6.07, 6.45) is 1.48. The lowest BCUT2D eigenvalue weighted by atomic mass is 10.1. The standard InChI is InChI=1S/C19H19FN2O3S/c20-18-12-15-6-7-22(26(23,24)17-4-2-1-3-5-17)19(15)13-16(18)14-21-8-10-25-11-9-21/h1-7,12-13H,8-11,14H2. The van der Waals surface area contributed by atoms with Crippen molar-refractivity contribution in [3.05, 3.63) is 66.1 Å². The lowest BCUT2D eigenvalue weighted by molar-refractivity contribution is 0.0337. The molecule has 136 valence electrons. The van der Waals surface area contributed by atoms with Crippen LogP contribution < -0.4 is 0 Å². The molecule has 0 N–H and O–H groups in total. The zero-order valence-electron chi connectivity index (χ0n) is 14.1. The quantitative estimate of drug-likeness (QED) is 0.705. The number of nitrogens with zero attached hydrogens (tertiary/aromatic N) is 2. The van der Waals surface area contributed by atoms with Crippen molar-refractivity contribution in [2.45, 2.75) is 11.4 Å². The molecule has 1 saturated heterocycles. The molecule has 0 radical (unpaired) electrons. The second-order valence-corrected chi connectivity index (χ2v) is 8.14. The van der Waals surface area contributed by atoms with E-state index < -0.39 is 10.0 Å². The van der Waals surface area contributed by atoms with E-state index in [4.69, 9.17) is 4.74 Å². The van der Waals surface area contributed by atoms with E-state index >= 15 is 0 Å². The predicted octanol–water partition coefficient (Wildman–Crippen LogP) is 2.85. The van der Waals surface area contributed by atoms with E-state index in [1.807, 2.05) is 0 Å². The number of halogens is 1. The Bertz CT molecular complexity index is 1030. The van der Waals surface area contributed by atoms with E-state index in [0.717, 1.165) is 13.1 Å². The normalized spacial score (nSPS) is 16.2. The Morgan fingerprint density at radius 2 is 1.77 bits per heavy atom. The summed E-state index contributed by atoms with van der Waals surface area (Å²) in [5.41, 5.74) is 0.973. The summed E-state index contributed by atoms with van der Waals surface area (Å²) in [5.74, 6) is -0.321. The third-order valence-corrected chi connectivity index (χ3v) is 6.32. The van der Waals surface area contributed by atoms with Gasteiger partial charge in [0.2, 0.25) is 0 Å². The van der Waals surface area contributed by atoms with Gasteiger partial charge in [-0.15, -0.1) is 0 Å². The minimum Gasteiger partial charge on any atom is -0.379 e. The topological polar surface area (TPSA) is 51.5 Å². The zero-order valence-corrected chi connectivity index (χ0v) is 15.0. The highest BCUT2D eigenvalue weighted by Crippen LogP contribution is 2.25. The van der Waals surface area contributed by atoms with Crippen molar-refractivity contribution in [3.63, 3.8) is 0 Å². The number of aromatic nitrogens is 1. The minimum atomic E-state index is -3.72. The summed E-state index contributed by atoms with van der Waals surface area (Å²) in [6, 6.07) is 12.9. The van der Waals surface area contributed by atoms with Crippen LogP contribution in [-0.4, -0.2) is 43.6 Å². The molecule has 0 unspecified atom stereocenters. The molecule has 1 fully saturated rings. The maximum Gasteiger partial charge on any atom is 0.268 e. The van der Waals surface area contributed by atoms with Crippen molar-refractivity contribution < 1.29 is 17.5 Å². The van der Waals surface area contributed by atoms with Crippen molar-refractivity contribution in [1.82, 2.24) is 8.87 Å². The number of fused-ring (bicyclic) bond motifs is 1. The Morgan fingerprint density at radius 1 is 1.04 bits per heavy atom. The van der Waals surface area contributed by atoms with Gasteiger partial charge in [0.25, 0.3) is 10.0 Å². The van der Waals surface area contributed by atoms with E-state index in [9.17, 15) is 12.8 Å². The number of ether oxygens (including phenoxy) is 1. The number of morpholine rings is 1. The molecule has 0 aliphatic carbocycles. The van der Waals surface area contributed by atoms with Crippen LogP contribution in [0.15, 0.2) is 59.6 Å². The van der Waals surface area contributed by atoms with Crippen molar-refractivity contribution in [1.29, 1.82) is 0 Å². The average molecular weight is 374 g/mol. The highest BCUT2D eigenvalue weighted by molar-refractivity contribution is 7.90. The van der Waals surface area contributed by atoms with Gasteiger partial charge in [-0.3, -0.25) is 4.90 Å². The lowest BCUT2D eigenvalue weighted by Crippen LogP contribution is -2.35. The molecular formula is C19H19FN2O3S. The molecule has 1 aliphatic heterocycles. The first-order valence-electron chi connectivity index (χ1n) is 8.46. The molecule has 2 heterocycles. The van der Waals surface area contributed by atoms with Gasteiger partial charge in [-0.1, -0.05) is 18.2 Å². The molecule has 1 aromatic heterocycles. The van der Waals surface area contributed by atoms with E-state index in [1.54, 1.807) is 42.5 Å². The van der Waals surface area contributed by atoms with Gasteiger partial charge >= 0.3 is 0 Å². The highest BCUT2D eigenvalue weighted by atomic mass is 32.2. The van der Waals surface area contributed by atoms with Crippen molar-refractivity contribution in [2.24, 2.45) is 0 Å². The molecule has 0 saturated carbocycles. The molecule has 26 heavy (non-hydrogen) atoms. The molecule has 5 nitrogen and oxygen atoms in total. The van der Waals surface area contributed by atoms with Crippen molar-refractivity contribution in [2.75, 3.05) is 26.3 Å². The van der Waals surface area contributed by atoms with E-state index in [2.05, 4.69) is 4.90 Å². The zero-order chi connectivity index (χ0) is 18.1. The third-order valence-electron chi connectivity index (χ3n) is 4.62. The summed E-state index contributed by atoms with van der Waals surface area (Å²) in [7, 11) is -3.72. The largest absolute Gasteiger partial charge is 0.379 e. The van der Waals surface area contributed by atoms with Gasteiger partial charge in [0.15, 0.2) is 0 Å². The van der Waals surface area contributed by atoms with Gasteiger partial charge in [0, 0.05) is 36.8 Å². The van der Waals surface area contributed by atoms with Crippen LogP contribution in [0.5, 0.6) is 0 Å². The summed E-state index contributed by atoms with van der Waals surface area (Å²) >= 11 is 0. The SMILES string of the molecule is O=S(=O)(c1ccccc1)n1ccc2cc(F)c(CN3CCOCC3)cc21. The second kappa shape index (κ2) is 6.83. The first kappa shape index (κ1) is 17.2. The summed E-state index contributed by atoms with van der Waals surface area (Å²) in [6.45, 7) is 3.16. The van der Waals surface area contributed by atoms with Crippen LogP contribution in [0.2, 0.25) is 0 Å². The Kier molecular flexibility index (Phi) is 4.52. The second-order valence-electron chi connectivity index (χ2n) is 6.32. The van der Waals surface area contributed by atoms with Crippen LogP contribution in [0, 0.1) is 5.82 Å². The molecule has 0 spiro atoms. The molecular weight excluding hydrogens is 355 g/mol. The fraction of sp³-hybridized carbons (Fsp3) is 0.263. The first-order chi connectivity index (χ1) is 12.6. The van der Waals surface area contributed by atoms with Crippen LogP contribution in [0.1, 0.15) is 5.56 Å². The van der Waals surface area contributed by atoms with Gasteiger partial charge in [0.1, 0.15) is 5.82 Å². The third kappa shape index (κ3) is 3.13. The Balaban J connectivity index is 1.76. The minimum absolute atomic E-state index is 0.205. The van der Waals surface area contributed by atoms with E-state index in [1.165, 1.54) is 16.2 Å². The Hall–Kier alpha value is -2.22. The molecule has 0 atom stereocenters. The molecule has 4 rings (SSSR count). The van der Waals surface area contributed by atoms with Crippen molar-refractivity contribution >= 4 is 20.9 Å². The summed E-state index contributed by atoms with van der Waals surface area (Å²) < 4.78 is 46.9. The van der Waals surface area contributed by atoms with Crippen LogP contribution in [0.25, 0.3) is 10.9 Å². The number of hydrogen-bond donors (Lipinski definition) is 0. The van der Waals surface area contributed by atoms with Gasteiger partial charge in [-0.25, -0.2) is 16.8 Å². The van der Waals surface area contributed by atoms with Gasteiger partial charge < -0.3 is 4.74 Å². The van der Waals surface area contributed by atoms with Gasteiger partial charge in [-0.05, 0) is 30.3 Å². The Labute approximate surface area is 151 Å². The number of hydrogen-bond acceptors (Lipinski definition) is 4. The lowest BCUT2D eigenvalue weighted by Gasteiger charge is -2.26. The molecule has 2 aromatic carbocycles. The maximum absolute atomic E-state index is 14.5. The first-order valence-corrected chi connectivity index (χ1v) is 9.90. The monoisotopic (exact) mass is 374 g/mol. The van der Waals surface area contributed by atoms with Crippen molar-refractivity contribution in [3.8, 4) is 0 Å².